The van der Waals surface area contributed by atoms with Crippen LogP contribution in [0.3, 0.4) is 0 Å². The predicted molar refractivity (Wildman–Crippen MR) is 115 cm³/mol. The van der Waals surface area contributed by atoms with Crippen molar-refractivity contribution in [1.29, 1.82) is 0 Å². The molecule has 0 saturated carbocycles. The highest BCUT2D eigenvalue weighted by molar-refractivity contribution is 5.80. The number of aryl methyl sites for hydroxylation is 3. The second kappa shape index (κ2) is 8.38. The van der Waals surface area contributed by atoms with Crippen molar-refractivity contribution in [1.82, 2.24) is 20.0 Å². The van der Waals surface area contributed by atoms with Gasteiger partial charge in [-0.25, -0.2) is 9.97 Å². The van der Waals surface area contributed by atoms with Crippen LogP contribution in [0.15, 0.2) is 35.0 Å². The van der Waals surface area contributed by atoms with Crippen LogP contribution in [0.1, 0.15) is 59.2 Å². The number of hydrogen-bond acceptors (Lipinski definition) is 5. The zero-order valence-electron chi connectivity index (χ0n) is 18.1. The molecule has 4 rings (SSSR count). The molecule has 0 N–H and O–H groups in total. The number of likely N-dealkylation sites (tertiary alicyclic amines) is 1. The summed E-state index contributed by atoms with van der Waals surface area (Å²) in [5.74, 6) is 1.52. The lowest BCUT2D eigenvalue weighted by molar-refractivity contribution is -0.134. The molecule has 0 unspecified atom stereocenters. The Balaban J connectivity index is 1.70. The summed E-state index contributed by atoms with van der Waals surface area (Å²) in [6.07, 6.45) is 5.17. The van der Waals surface area contributed by atoms with Crippen molar-refractivity contribution in [2.45, 2.75) is 59.4 Å². The summed E-state index contributed by atoms with van der Waals surface area (Å²) in [4.78, 5) is 24.5. The summed E-state index contributed by atoms with van der Waals surface area (Å²) >= 11 is 0. The number of nitrogens with zero attached hydrogens (tertiary/aromatic N) is 4. The van der Waals surface area contributed by atoms with Crippen LogP contribution >= 0.6 is 0 Å². The first-order valence-corrected chi connectivity index (χ1v) is 10.6. The van der Waals surface area contributed by atoms with Crippen molar-refractivity contribution >= 4 is 5.91 Å². The van der Waals surface area contributed by atoms with E-state index in [4.69, 9.17) is 9.51 Å². The molecule has 1 saturated heterocycles. The minimum atomic E-state index is -0.0856. The Bertz CT molecular complexity index is 1070. The highest BCUT2D eigenvalue weighted by Crippen LogP contribution is 2.37. The van der Waals surface area contributed by atoms with Gasteiger partial charge in [-0.15, -0.1) is 0 Å². The molecule has 1 aliphatic heterocycles. The molecule has 0 aliphatic carbocycles. The molecule has 1 aliphatic rings. The minimum absolute atomic E-state index is 0.0856. The van der Waals surface area contributed by atoms with E-state index in [1.54, 1.807) is 0 Å². The first kappa shape index (κ1) is 20.3. The molecule has 156 valence electrons. The van der Waals surface area contributed by atoms with Gasteiger partial charge in [-0.3, -0.25) is 4.79 Å². The normalized spacial score (nSPS) is 16.7. The van der Waals surface area contributed by atoms with Crippen molar-refractivity contribution in [3.05, 3.63) is 64.4 Å². The monoisotopic (exact) mass is 404 g/mol. The topological polar surface area (TPSA) is 72.1 Å². The van der Waals surface area contributed by atoms with Crippen molar-refractivity contribution in [2.75, 3.05) is 6.54 Å². The molecule has 0 bridgehead atoms. The Morgan fingerprint density at radius 2 is 2.03 bits per heavy atom. The summed E-state index contributed by atoms with van der Waals surface area (Å²) in [5.41, 5.74) is 5.74. The number of rotatable bonds is 4. The first-order chi connectivity index (χ1) is 14.4. The fourth-order valence-electron chi connectivity index (χ4n) is 4.20. The number of hydrogen-bond donors (Lipinski definition) is 0. The average Bonchev–Trinajstić information content (AvgIpc) is 3.06. The zero-order valence-corrected chi connectivity index (χ0v) is 18.1. The van der Waals surface area contributed by atoms with Crippen molar-refractivity contribution in [3.63, 3.8) is 0 Å². The SMILES string of the molecule is Cc1cccc(CC(=O)N2CCCC[C@@H]2c2nc(C)ncc2-c2onc(C)c2C)c1. The zero-order chi connectivity index (χ0) is 21.3. The molecule has 6 nitrogen and oxygen atoms in total. The molecule has 1 amide bonds. The van der Waals surface area contributed by atoms with E-state index < -0.39 is 0 Å². The maximum Gasteiger partial charge on any atom is 0.227 e. The van der Waals surface area contributed by atoms with Gasteiger partial charge in [0.15, 0.2) is 5.76 Å². The molecule has 0 radical (unpaired) electrons. The lowest BCUT2D eigenvalue weighted by Crippen LogP contribution is -2.40. The van der Waals surface area contributed by atoms with Crippen LogP contribution in [0.4, 0.5) is 0 Å². The van der Waals surface area contributed by atoms with Gasteiger partial charge in [-0.05, 0) is 52.5 Å². The molecule has 1 fully saturated rings. The molecule has 3 aromatic rings. The second-order valence-corrected chi connectivity index (χ2v) is 8.20. The van der Waals surface area contributed by atoms with Gasteiger partial charge in [0.05, 0.1) is 29.4 Å². The van der Waals surface area contributed by atoms with Gasteiger partial charge < -0.3 is 9.42 Å². The number of benzene rings is 1. The minimum Gasteiger partial charge on any atom is -0.356 e. The Morgan fingerprint density at radius 1 is 1.20 bits per heavy atom. The highest BCUT2D eigenvalue weighted by atomic mass is 16.5. The number of carbonyl (C=O) groups is 1. The predicted octanol–water partition coefficient (Wildman–Crippen LogP) is 4.66. The number of aromatic nitrogens is 3. The Hall–Kier alpha value is -3.02. The van der Waals surface area contributed by atoms with Crippen LogP contribution in [0.5, 0.6) is 0 Å². The van der Waals surface area contributed by atoms with Crippen molar-refractivity contribution < 1.29 is 9.32 Å². The molecule has 1 atom stereocenters. The maximum atomic E-state index is 13.3. The standard InChI is InChI=1S/C24H28N4O2/c1-15-8-7-9-19(12-15)13-22(29)28-11-6-5-10-21(28)23-20(14-25-18(4)26-23)24-16(2)17(3)27-30-24/h7-9,12,14,21H,5-6,10-11,13H2,1-4H3/t21-/m1/s1. The van der Waals surface area contributed by atoms with Gasteiger partial charge in [0, 0.05) is 18.3 Å². The molecule has 6 heteroatoms. The summed E-state index contributed by atoms with van der Waals surface area (Å²) in [6, 6.07) is 8.07. The third-order valence-corrected chi connectivity index (χ3v) is 5.92. The van der Waals surface area contributed by atoms with Gasteiger partial charge in [0.1, 0.15) is 5.82 Å². The van der Waals surface area contributed by atoms with E-state index in [0.717, 1.165) is 53.9 Å². The number of amides is 1. The van der Waals surface area contributed by atoms with E-state index in [1.807, 2.05) is 44.0 Å². The Morgan fingerprint density at radius 3 is 2.77 bits per heavy atom. The van der Waals surface area contributed by atoms with Gasteiger partial charge in [-0.1, -0.05) is 35.0 Å². The molecular formula is C24H28N4O2. The van der Waals surface area contributed by atoms with E-state index >= 15 is 0 Å². The summed E-state index contributed by atoms with van der Waals surface area (Å²) in [5, 5.41) is 4.11. The van der Waals surface area contributed by atoms with E-state index in [1.165, 1.54) is 5.56 Å². The van der Waals surface area contributed by atoms with Gasteiger partial charge >= 0.3 is 0 Å². The molecule has 3 heterocycles. The van der Waals surface area contributed by atoms with Gasteiger partial charge in [0.25, 0.3) is 0 Å². The van der Waals surface area contributed by atoms with Crippen LogP contribution in [0.25, 0.3) is 11.3 Å². The Labute approximate surface area is 177 Å². The summed E-state index contributed by atoms with van der Waals surface area (Å²) in [6.45, 7) is 8.59. The van der Waals surface area contributed by atoms with Crippen molar-refractivity contribution in [3.8, 4) is 11.3 Å². The third kappa shape index (κ3) is 3.99. The summed E-state index contributed by atoms with van der Waals surface area (Å²) in [7, 11) is 0. The Kier molecular flexibility index (Phi) is 5.66. The smallest absolute Gasteiger partial charge is 0.227 e. The van der Waals surface area contributed by atoms with E-state index in [2.05, 4.69) is 29.2 Å². The first-order valence-electron chi connectivity index (χ1n) is 10.6. The largest absolute Gasteiger partial charge is 0.356 e. The molecule has 30 heavy (non-hydrogen) atoms. The number of carbonyl (C=O) groups excluding carboxylic acids is 1. The van der Waals surface area contributed by atoms with Crippen LogP contribution in [0, 0.1) is 27.7 Å². The average molecular weight is 405 g/mol. The number of piperidine rings is 1. The lowest BCUT2D eigenvalue weighted by atomic mass is 9.94. The molecule has 0 spiro atoms. The quantitative estimate of drug-likeness (QED) is 0.632. The van der Waals surface area contributed by atoms with Crippen LogP contribution in [-0.2, 0) is 11.2 Å². The summed E-state index contributed by atoms with van der Waals surface area (Å²) < 4.78 is 5.62. The van der Waals surface area contributed by atoms with Gasteiger partial charge in [-0.2, -0.15) is 0 Å². The molecule has 1 aromatic carbocycles. The maximum absolute atomic E-state index is 13.3. The fourth-order valence-corrected chi connectivity index (χ4v) is 4.20. The van der Waals surface area contributed by atoms with E-state index in [9.17, 15) is 4.79 Å². The molecular weight excluding hydrogens is 376 g/mol. The second-order valence-electron chi connectivity index (χ2n) is 8.20. The lowest BCUT2D eigenvalue weighted by Gasteiger charge is -2.36. The van der Waals surface area contributed by atoms with Crippen molar-refractivity contribution in [2.24, 2.45) is 0 Å². The van der Waals surface area contributed by atoms with E-state index in [0.29, 0.717) is 18.0 Å². The van der Waals surface area contributed by atoms with Crippen LogP contribution in [0.2, 0.25) is 0 Å². The fraction of sp³-hybridized carbons (Fsp3) is 0.417. The molecule has 2 aromatic heterocycles. The highest BCUT2D eigenvalue weighted by Gasteiger charge is 2.32. The van der Waals surface area contributed by atoms with Crippen LogP contribution in [-0.4, -0.2) is 32.5 Å². The van der Waals surface area contributed by atoms with Gasteiger partial charge in [0.2, 0.25) is 5.91 Å². The third-order valence-electron chi connectivity index (χ3n) is 5.92. The van der Waals surface area contributed by atoms with E-state index in [-0.39, 0.29) is 11.9 Å². The van der Waals surface area contributed by atoms with Crippen LogP contribution < -0.4 is 0 Å².